The Morgan fingerprint density at radius 1 is 1.31 bits per heavy atom. The molecule has 1 aliphatic carbocycles. The summed E-state index contributed by atoms with van der Waals surface area (Å²) in [6.07, 6.45) is 5.60. The zero-order chi connectivity index (χ0) is 18.1. The van der Waals surface area contributed by atoms with Crippen molar-refractivity contribution in [3.05, 3.63) is 48.3 Å². The highest BCUT2D eigenvalue weighted by atomic mass is 16.2. The minimum Gasteiger partial charge on any atom is -0.339 e. The van der Waals surface area contributed by atoms with Gasteiger partial charge in [-0.05, 0) is 25.0 Å². The number of rotatable bonds is 5. The molecule has 2 fully saturated rings. The van der Waals surface area contributed by atoms with Gasteiger partial charge in [0.15, 0.2) is 0 Å². The van der Waals surface area contributed by atoms with E-state index in [-0.39, 0.29) is 24.2 Å². The number of amides is 2. The molecule has 1 aliphatic heterocycles. The van der Waals surface area contributed by atoms with E-state index in [4.69, 9.17) is 0 Å². The van der Waals surface area contributed by atoms with Crippen molar-refractivity contribution in [2.24, 2.45) is 5.92 Å². The quantitative estimate of drug-likeness (QED) is 0.887. The lowest BCUT2D eigenvalue weighted by Crippen LogP contribution is -2.35. The monoisotopic (exact) mass is 349 g/mol. The molecule has 0 radical (unpaired) electrons. The Bertz CT molecular complexity index is 866. The molecule has 132 valence electrons. The highest BCUT2D eigenvalue weighted by Crippen LogP contribution is 2.32. The summed E-state index contributed by atoms with van der Waals surface area (Å²) in [6.45, 7) is 0.455. The molecular formula is C19H19N5O2. The Morgan fingerprint density at radius 3 is 2.77 bits per heavy atom. The van der Waals surface area contributed by atoms with Crippen LogP contribution in [0.4, 0.5) is 0 Å². The number of hydrogen-bond acceptors (Lipinski definition) is 4. The number of nitrogens with zero attached hydrogens (tertiary/aromatic N) is 4. The van der Waals surface area contributed by atoms with Gasteiger partial charge < -0.3 is 10.2 Å². The van der Waals surface area contributed by atoms with Crippen molar-refractivity contribution in [3.63, 3.8) is 0 Å². The first-order chi connectivity index (χ1) is 12.7. The van der Waals surface area contributed by atoms with Crippen LogP contribution in [0.3, 0.4) is 0 Å². The topological polar surface area (TPSA) is 91.0 Å². The maximum atomic E-state index is 12.5. The molecule has 2 aromatic rings. The number of nitriles is 1. The fourth-order valence-corrected chi connectivity index (χ4v) is 3.30. The maximum absolute atomic E-state index is 12.5. The predicted molar refractivity (Wildman–Crippen MR) is 92.9 cm³/mol. The number of nitrogens with one attached hydrogen (secondary N) is 1. The average molecular weight is 349 g/mol. The molecule has 2 aliphatic rings. The summed E-state index contributed by atoms with van der Waals surface area (Å²) < 4.78 is 1.67. The fraction of sp³-hybridized carbons (Fsp3) is 0.368. The van der Waals surface area contributed by atoms with Crippen LogP contribution in [0.2, 0.25) is 0 Å². The van der Waals surface area contributed by atoms with Gasteiger partial charge in [-0.3, -0.25) is 9.59 Å². The summed E-state index contributed by atoms with van der Waals surface area (Å²) in [5.41, 5.74) is 1.50. The Balaban J connectivity index is 1.43. The Labute approximate surface area is 151 Å². The van der Waals surface area contributed by atoms with Crippen LogP contribution in [0.25, 0.3) is 5.69 Å². The highest BCUT2D eigenvalue weighted by Gasteiger charge is 2.42. The Hall–Kier alpha value is -3.14. The van der Waals surface area contributed by atoms with E-state index in [1.807, 2.05) is 30.3 Å². The summed E-state index contributed by atoms with van der Waals surface area (Å²) in [5.74, 6) is -0.596. The smallest absolute Gasteiger partial charge is 0.226 e. The standard InChI is InChI=1S/C19H19N5O2/c20-9-17(14-10-21-24(12-14)16-4-2-1-3-5-16)22-19(26)13-8-18(25)23(11-13)15-6-7-15/h1-5,10,12-13,15,17H,6-8,11H2,(H,22,26)/t13-,17+/m1/s1. The first kappa shape index (κ1) is 16.3. The van der Waals surface area contributed by atoms with Gasteiger partial charge >= 0.3 is 0 Å². The molecule has 2 amide bonds. The summed E-state index contributed by atoms with van der Waals surface area (Å²) >= 11 is 0. The lowest BCUT2D eigenvalue weighted by atomic mass is 10.1. The molecule has 0 spiro atoms. The number of aromatic nitrogens is 2. The van der Waals surface area contributed by atoms with E-state index in [1.165, 1.54) is 0 Å². The summed E-state index contributed by atoms with van der Waals surface area (Å²) in [6, 6.07) is 11.2. The van der Waals surface area contributed by atoms with Crippen LogP contribution < -0.4 is 5.32 Å². The van der Waals surface area contributed by atoms with Crippen molar-refractivity contribution in [1.82, 2.24) is 20.0 Å². The minimum absolute atomic E-state index is 0.0399. The SMILES string of the molecule is N#C[C@H](NC(=O)[C@@H]1CC(=O)N(C2CC2)C1)c1cnn(-c2ccccc2)c1. The van der Waals surface area contributed by atoms with Gasteiger partial charge in [-0.1, -0.05) is 18.2 Å². The summed E-state index contributed by atoms with van der Waals surface area (Å²) in [5, 5.41) is 16.5. The van der Waals surface area contributed by atoms with Gasteiger partial charge in [-0.25, -0.2) is 4.68 Å². The van der Waals surface area contributed by atoms with Crippen molar-refractivity contribution in [3.8, 4) is 11.8 Å². The third kappa shape index (κ3) is 3.18. The summed E-state index contributed by atoms with van der Waals surface area (Å²) in [4.78, 5) is 26.4. The van der Waals surface area contributed by atoms with Crippen LogP contribution in [0, 0.1) is 17.2 Å². The first-order valence-electron chi connectivity index (χ1n) is 8.75. The number of carbonyl (C=O) groups is 2. The third-order valence-electron chi connectivity index (χ3n) is 4.89. The Kier molecular flexibility index (Phi) is 4.17. The molecule has 0 bridgehead atoms. The molecule has 4 rings (SSSR count). The zero-order valence-corrected chi connectivity index (χ0v) is 14.2. The zero-order valence-electron chi connectivity index (χ0n) is 14.2. The van der Waals surface area contributed by atoms with Crippen LogP contribution in [0.5, 0.6) is 0 Å². The van der Waals surface area contributed by atoms with E-state index < -0.39 is 6.04 Å². The second-order valence-corrected chi connectivity index (χ2v) is 6.80. The molecule has 7 nitrogen and oxygen atoms in total. The lowest BCUT2D eigenvalue weighted by molar-refractivity contribution is -0.129. The van der Waals surface area contributed by atoms with E-state index in [9.17, 15) is 14.9 Å². The largest absolute Gasteiger partial charge is 0.339 e. The van der Waals surface area contributed by atoms with Crippen LogP contribution >= 0.6 is 0 Å². The number of hydrogen-bond donors (Lipinski definition) is 1. The van der Waals surface area contributed by atoms with Crippen LogP contribution in [-0.4, -0.2) is 39.1 Å². The van der Waals surface area contributed by atoms with E-state index in [0.717, 1.165) is 18.5 Å². The number of benzene rings is 1. The number of likely N-dealkylation sites (tertiary alicyclic amines) is 1. The van der Waals surface area contributed by atoms with E-state index in [2.05, 4.69) is 16.5 Å². The van der Waals surface area contributed by atoms with Gasteiger partial charge in [0, 0.05) is 30.8 Å². The van der Waals surface area contributed by atoms with E-state index >= 15 is 0 Å². The first-order valence-corrected chi connectivity index (χ1v) is 8.75. The predicted octanol–water partition coefficient (Wildman–Crippen LogP) is 1.56. The van der Waals surface area contributed by atoms with Gasteiger partial charge in [-0.2, -0.15) is 10.4 Å². The van der Waals surface area contributed by atoms with Gasteiger partial charge in [0.25, 0.3) is 0 Å². The molecule has 1 aromatic heterocycles. The second-order valence-electron chi connectivity index (χ2n) is 6.80. The molecular weight excluding hydrogens is 330 g/mol. The number of carbonyl (C=O) groups excluding carboxylic acids is 2. The van der Waals surface area contributed by atoms with Crippen molar-refractivity contribution < 1.29 is 9.59 Å². The van der Waals surface area contributed by atoms with Crippen LogP contribution in [0.1, 0.15) is 30.9 Å². The number of para-hydroxylation sites is 1. The third-order valence-corrected chi connectivity index (χ3v) is 4.89. The molecule has 2 heterocycles. The molecule has 1 aromatic carbocycles. The molecule has 7 heteroatoms. The second kappa shape index (κ2) is 6.64. The van der Waals surface area contributed by atoms with Crippen LogP contribution in [-0.2, 0) is 9.59 Å². The normalized spacial score (nSPS) is 20.7. The summed E-state index contributed by atoms with van der Waals surface area (Å²) in [7, 11) is 0. The van der Waals surface area contributed by atoms with Crippen molar-refractivity contribution in [1.29, 1.82) is 5.26 Å². The fourth-order valence-electron chi connectivity index (χ4n) is 3.30. The van der Waals surface area contributed by atoms with Crippen molar-refractivity contribution in [2.75, 3.05) is 6.54 Å². The van der Waals surface area contributed by atoms with E-state index in [1.54, 1.807) is 22.0 Å². The van der Waals surface area contributed by atoms with Gasteiger partial charge in [0.2, 0.25) is 11.8 Å². The lowest BCUT2D eigenvalue weighted by Gasteiger charge is -2.16. The van der Waals surface area contributed by atoms with Crippen LogP contribution in [0.15, 0.2) is 42.7 Å². The molecule has 1 N–H and O–H groups in total. The van der Waals surface area contributed by atoms with Gasteiger partial charge in [-0.15, -0.1) is 0 Å². The minimum atomic E-state index is -0.787. The molecule has 0 unspecified atom stereocenters. The molecule has 26 heavy (non-hydrogen) atoms. The van der Waals surface area contributed by atoms with Crippen molar-refractivity contribution in [2.45, 2.75) is 31.3 Å². The van der Waals surface area contributed by atoms with E-state index in [0.29, 0.717) is 18.2 Å². The molecule has 1 saturated heterocycles. The maximum Gasteiger partial charge on any atom is 0.226 e. The Morgan fingerprint density at radius 2 is 2.08 bits per heavy atom. The highest BCUT2D eigenvalue weighted by molar-refractivity contribution is 5.89. The van der Waals surface area contributed by atoms with Gasteiger partial charge in [0.05, 0.1) is 23.9 Å². The van der Waals surface area contributed by atoms with Gasteiger partial charge in [0.1, 0.15) is 6.04 Å². The van der Waals surface area contributed by atoms with Crippen molar-refractivity contribution >= 4 is 11.8 Å². The average Bonchev–Trinajstić information content (AvgIpc) is 3.25. The molecule has 2 atom stereocenters. The molecule has 1 saturated carbocycles.